The van der Waals surface area contributed by atoms with Crippen LogP contribution in [0.25, 0.3) is 16.9 Å². The largest absolute Gasteiger partial charge is 0.417 e. The van der Waals surface area contributed by atoms with Crippen molar-refractivity contribution in [3.8, 4) is 11.3 Å². The molecular weight excluding hydrogens is 383 g/mol. The van der Waals surface area contributed by atoms with Crippen LogP contribution in [0, 0.1) is 6.92 Å². The third-order valence-corrected chi connectivity index (χ3v) is 4.30. The average Bonchev–Trinajstić information content (AvgIpc) is 3.03. The molecule has 3 aromatic heterocycles. The summed E-state index contributed by atoms with van der Waals surface area (Å²) in [6, 6.07) is 11.7. The highest BCUT2D eigenvalue weighted by Gasteiger charge is 2.33. The number of benzene rings is 1. The lowest BCUT2D eigenvalue weighted by atomic mass is 10.0. The van der Waals surface area contributed by atoms with Crippen LogP contribution in [0.15, 0.2) is 60.9 Å². The summed E-state index contributed by atoms with van der Waals surface area (Å²) in [4.78, 5) is 21.1. The highest BCUT2D eigenvalue weighted by molar-refractivity contribution is 6.08. The number of amides is 1. The number of carbonyl (C=O) groups is 1. The van der Waals surface area contributed by atoms with E-state index >= 15 is 0 Å². The first-order valence-corrected chi connectivity index (χ1v) is 8.59. The number of alkyl halides is 3. The molecule has 1 aromatic carbocycles. The predicted molar refractivity (Wildman–Crippen MR) is 100 cm³/mol. The Morgan fingerprint density at radius 2 is 1.83 bits per heavy atom. The summed E-state index contributed by atoms with van der Waals surface area (Å²) in [6.45, 7) is 1.63. The van der Waals surface area contributed by atoms with Crippen LogP contribution in [0.2, 0.25) is 0 Å². The van der Waals surface area contributed by atoms with Crippen molar-refractivity contribution in [1.29, 1.82) is 0 Å². The van der Waals surface area contributed by atoms with Crippen molar-refractivity contribution in [3.05, 3.63) is 77.7 Å². The lowest BCUT2D eigenvalue weighted by molar-refractivity contribution is -0.137. The van der Waals surface area contributed by atoms with Crippen LogP contribution in [0.5, 0.6) is 0 Å². The van der Waals surface area contributed by atoms with Gasteiger partial charge in [-0.05, 0) is 31.2 Å². The van der Waals surface area contributed by atoms with Crippen LogP contribution in [-0.2, 0) is 6.18 Å². The number of aryl methyl sites for hydroxylation is 1. The van der Waals surface area contributed by atoms with Crippen molar-refractivity contribution in [1.82, 2.24) is 19.6 Å². The molecule has 1 amide bonds. The van der Waals surface area contributed by atoms with E-state index < -0.39 is 17.6 Å². The number of hydrogen-bond acceptors (Lipinski definition) is 4. The van der Waals surface area contributed by atoms with Gasteiger partial charge < -0.3 is 5.32 Å². The lowest BCUT2D eigenvalue weighted by Crippen LogP contribution is -2.14. The second kappa shape index (κ2) is 7.01. The summed E-state index contributed by atoms with van der Waals surface area (Å²) in [5, 5.41) is 6.88. The quantitative estimate of drug-likeness (QED) is 0.557. The van der Waals surface area contributed by atoms with Crippen molar-refractivity contribution in [2.75, 3.05) is 5.32 Å². The Kier molecular flexibility index (Phi) is 4.50. The Morgan fingerprint density at radius 3 is 2.55 bits per heavy atom. The van der Waals surface area contributed by atoms with Gasteiger partial charge in [-0.15, -0.1) is 0 Å². The van der Waals surface area contributed by atoms with Crippen LogP contribution >= 0.6 is 0 Å². The molecule has 0 aliphatic rings. The number of halogens is 3. The maximum atomic E-state index is 13.4. The highest BCUT2D eigenvalue weighted by Crippen LogP contribution is 2.36. The first-order chi connectivity index (χ1) is 13.8. The molecule has 0 fully saturated rings. The Labute approximate surface area is 163 Å². The van der Waals surface area contributed by atoms with Crippen LogP contribution in [0.4, 0.5) is 19.0 Å². The smallest absolute Gasteiger partial charge is 0.306 e. The summed E-state index contributed by atoms with van der Waals surface area (Å²) >= 11 is 0. The molecule has 0 aliphatic carbocycles. The number of carbonyl (C=O) groups excluding carboxylic acids is 1. The van der Waals surface area contributed by atoms with E-state index in [1.54, 1.807) is 25.1 Å². The highest BCUT2D eigenvalue weighted by atomic mass is 19.4. The summed E-state index contributed by atoms with van der Waals surface area (Å²) in [5.74, 6) is -0.153. The molecule has 146 valence electrons. The normalized spacial score (nSPS) is 11.6. The molecular formula is C20H14F3N5O. The second-order valence-electron chi connectivity index (χ2n) is 6.25. The number of nitrogens with one attached hydrogen (secondary N) is 1. The molecule has 29 heavy (non-hydrogen) atoms. The number of aromatic nitrogens is 4. The molecule has 0 radical (unpaired) electrons. The molecule has 9 heteroatoms. The van der Waals surface area contributed by atoms with Gasteiger partial charge in [-0.1, -0.05) is 24.3 Å². The van der Waals surface area contributed by atoms with Gasteiger partial charge in [0.2, 0.25) is 0 Å². The van der Waals surface area contributed by atoms with Gasteiger partial charge in [-0.3, -0.25) is 4.79 Å². The van der Waals surface area contributed by atoms with E-state index in [4.69, 9.17) is 0 Å². The monoisotopic (exact) mass is 397 g/mol. The van der Waals surface area contributed by atoms with Gasteiger partial charge in [-0.2, -0.15) is 18.3 Å². The molecule has 0 spiro atoms. The van der Waals surface area contributed by atoms with Gasteiger partial charge in [-0.25, -0.2) is 14.5 Å². The number of hydrogen-bond donors (Lipinski definition) is 1. The van der Waals surface area contributed by atoms with Crippen LogP contribution in [0.1, 0.15) is 21.6 Å². The zero-order chi connectivity index (χ0) is 20.6. The van der Waals surface area contributed by atoms with Crippen molar-refractivity contribution >= 4 is 17.4 Å². The maximum absolute atomic E-state index is 13.4. The van der Waals surface area contributed by atoms with Gasteiger partial charge in [0.1, 0.15) is 11.4 Å². The summed E-state index contributed by atoms with van der Waals surface area (Å²) < 4.78 is 41.5. The van der Waals surface area contributed by atoms with E-state index in [-0.39, 0.29) is 22.5 Å². The topological polar surface area (TPSA) is 72.2 Å². The first kappa shape index (κ1) is 18.6. The molecule has 0 saturated heterocycles. The van der Waals surface area contributed by atoms with E-state index in [2.05, 4.69) is 20.4 Å². The van der Waals surface area contributed by atoms with Crippen molar-refractivity contribution in [2.45, 2.75) is 13.1 Å². The van der Waals surface area contributed by atoms with E-state index in [0.29, 0.717) is 11.5 Å². The van der Waals surface area contributed by atoms with Crippen molar-refractivity contribution in [2.24, 2.45) is 0 Å². The van der Waals surface area contributed by atoms with Crippen molar-refractivity contribution < 1.29 is 18.0 Å². The molecule has 0 bridgehead atoms. The third-order valence-electron chi connectivity index (χ3n) is 4.30. The molecule has 0 atom stereocenters. The molecule has 4 rings (SSSR count). The number of anilines is 1. The SMILES string of the molecule is Cc1nn2ccc(-c3ccccc3C(F)(F)F)nc2c1C(=O)Nc1ccccn1. The summed E-state index contributed by atoms with van der Waals surface area (Å²) in [5.41, 5.74) is -0.0539. The van der Waals surface area contributed by atoms with Crippen LogP contribution in [0.3, 0.4) is 0 Å². The molecule has 6 nitrogen and oxygen atoms in total. The van der Waals surface area contributed by atoms with Crippen LogP contribution < -0.4 is 5.32 Å². The standard InChI is InChI=1S/C20H14F3N5O/c1-12-17(19(29)26-16-8-4-5-10-24-16)18-25-15(9-11-28(18)27-12)13-6-2-3-7-14(13)20(21,22)23/h2-11H,1H3,(H,24,26,29). The minimum atomic E-state index is -4.53. The van der Waals surface area contributed by atoms with Crippen LogP contribution in [-0.4, -0.2) is 25.5 Å². The zero-order valence-corrected chi connectivity index (χ0v) is 15.1. The first-order valence-electron chi connectivity index (χ1n) is 8.59. The predicted octanol–water partition coefficient (Wildman–Crippen LogP) is 4.37. The van der Waals surface area contributed by atoms with E-state index in [1.165, 1.54) is 41.2 Å². The fourth-order valence-corrected chi connectivity index (χ4v) is 3.02. The number of rotatable bonds is 3. The number of nitrogens with zero attached hydrogens (tertiary/aromatic N) is 4. The average molecular weight is 397 g/mol. The Morgan fingerprint density at radius 1 is 1.07 bits per heavy atom. The van der Waals surface area contributed by atoms with Gasteiger partial charge in [0.05, 0.1) is 17.0 Å². The molecule has 3 heterocycles. The Hall–Kier alpha value is -3.75. The Balaban J connectivity index is 1.81. The summed E-state index contributed by atoms with van der Waals surface area (Å²) in [6.07, 6.45) is -1.52. The fraction of sp³-hybridized carbons (Fsp3) is 0.100. The lowest BCUT2D eigenvalue weighted by Gasteiger charge is -2.12. The Bertz CT molecular complexity index is 1200. The summed E-state index contributed by atoms with van der Waals surface area (Å²) in [7, 11) is 0. The molecule has 0 unspecified atom stereocenters. The van der Waals surface area contributed by atoms with Gasteiger partial charge in [0.15, 0.2) is 5.65 Å². The fourth-order valence-electron chi connectivity index (χ4n) is 3.02. The van der Waals surface area contributed by atoms with Gasteiger partial charge in [0.25, 0.3) is 5.91 Å². The second-order valence-corrected chi connectivity index (χ2v) is 6.25. The van der Waals surface area contributed by atoms with E-state index in [1.807, 2.05) is 0 Å². The van der Waals surface area contributed by atoms with Gasteiger partial charge in [0, 0.05) is 18.0 Å². The third kappa shape index (κ3) is 3.54. The molecule has 0 aliphatic heterocycles. The van der Waals surface area contributed by atoms with Crippen molar-refractivity contribution in [3.63, 3.8) is 0 Å². The zero-order valence-electron chi connectivity index (χ0n) is 15.1. The minimum absolute atomic E-state index is 0.0718. The van der Waals surface area contributed by atoms with E-state index in [0.717, 1.165) is 6.07 Å². The molecule has 1 N–H and O–H groups in total. The van der Waals surface area contributed by atoms with E-state index in [9.17, 15) is 18.0 Å². The maximum Gasteiger partial charge on any atom is 0.417 e. The molecule has 4 aromatic rings. The number of fused-ring (bicyclic) bond motifs is 1. The minimum Gasteiger partial charge on any atom is -0.306 e. The number of pyridine rings is 1. The molecule has 0 saturated carbocycles. The van der Waals surface area contributed by atoms with Gasteiger partial charge >= 0.3 is 6.18 Å².